The van der Waals surface area contributed by atoms with Gasteiger partial charge >= 0.3 is 0 Å². The number of carbonyl (C=O) groups excluding carboxylic acids is 1. The highest BCUT2D eigenvalue weighted by molar-refractivity contribution is 6.33. The van der Waals surface area contributed by atoms with Gasteiger partial charge in [-0.2, -0.15) is 5.10 Å². The molecule has 0 aromatic carbocycles. The van der Waals surface area contributed by atoms with Crippen molar-refractivity contribution in [1.82, 2.24) is 25.5 Å². The molecule has 1 amide bonds. The van der Waals surface area contributed by atoms with Gasteiger partial charge in [-0.15, -0.1) is 0 Å². The van der Waals surface area contributed by atoms with Crippen molar-refractivity contribution in [2.45, 2.75) is 6.42 Å². The van der Waals surface area contributed by atoms with E-state index in [2.05, 4.69) is 30.8 Å². The second-order valence-corrected chi connectivity index (χ2v) is 4.15. The predicted molar refractivity (Wildman–Crippen MR) is 71.2 cm³/mol. The van der Waals surface area contributed by atoms with E-state index in [-0.39, 0.29) is 5.91 Å². The Morgan fingerprint density at radius 2 is 2.32 bits per heavy atom. The first kappa shape index (κ1) is 13.3. The number of amides is 1. The van der Waals surface area contributed by atoms with E-state index in [9.17, 15) is 4.79 Å². The smallest absolute Gasteiger partial charge is 0.252 e. The number of nitrogens with one attached hydrogen (secondary N) is 3. The molecule has 100 valence electrons. The molecule has 0 saturated carbocycles. The average Bonchev–Trinajstić information content (AvgIpc) is 2.91. The van der Waals surface area contributed by atoms with Crippen LogP contribution in [0.2, 0.25) is 5.02 Å². The normalized spacial score (nSPS) is 10.2. The first-order valence-corrected chi connectivity index (χ1v) is 6.04. The van der Waals surface area contributed by atoms with Crippen molar-refractivity contribution in [2.75, 3.05) is 18.9 Å². The zero-order valence-corrected chi connectivity index (χ0v) is 11.0. The highest BCUT2D eigenvalue weighted by atomic mass is 35.5. The third-order valence-corrected chi connectivity index (χ3v) is 2.74. The van der Waals surface area contributed by atoms with Gasteiger partial charge in [0.05, 0.1) is 10.6 Å². The van der Waals surface area contributed by atoms with Crippen LogP contribution in [0.1, 0.15) is 16.2 Å². The minimum absolute atomic E-state index is 0.225. The van der Waals surface area contributed by atoms with Gasteiger partial charge in [-0.1, -0.05) is 11.6 Å². The molecule has 0 radical (unpaired) electrons. The summed E-state index contributed by atoms with van der Waals surface area (Å²) < 4.78 is 0. The van der Waals surface area contributed by atoms with Crippen molar-refractivity contribution < 1.29 is 4.79 Å². The third-order valence-electron chi connectivity index (χ3n) is 2.45. The van der Waals surface area contributed by atoms with E-state index in [1.54, 1.807) is 13.1 Å². The maximum Gasteiger partial charge on any atom is 0.252 e. The highest BCUT2D eigenvalue weighted by Crippen LogP contribution is 2.19. The predicted octanol–water partition coefficient (Wildman–Crippen LogP) is 0.867. The zero-order valence-electron chi connectivity index (χ0n) is 10.3. The highest BCUT2D eigenvalue weighted by Gasteiger charge is 2.09. The van der Waals surface area contributed by atoms with E-state index in [1.807, 2.05) is 0 Å². The van der Waals surface area contributed by atoms with E-state index < -0.39 is 0 Å². The Morgan fingerprint density at radius 1 is 1.47 bits per heavy atom. The maximum atomic E-state index is 11.8. The van der Waals surface area contributed by atoms with Crippen molar-refractivity contribution >= 4 is 23.3 Å². The molecule has 3 N–H and O–H groups in total. The molecule has 0 aliphatic heterocycles. The fraction of sp³-hybridized carbons (Fsp3) is 0.273. The van der Waals surface area contributed by atoms with Gasteiger partial charge in [-0.05, 0) is 6.07 Å². The molecule has 0 aliphatic rings. The summed E-state index contributed by atoms with van der Waals surface area (Å²) in [6, 6.07) is 1.57. The number of aromatic nitrogens is 4. The van der Waals surface area contributed by atoms with Crippen LogP contribution in [0.3, 0.4) is 0 Å². The first-order valence-electron chi connectivity index (χ1n) is 5.66. The van der Waals surface area contributed by atoms with Gasteiger partial charge in [-0.3, -0.25) is 9.89 Å². The molecule has 8 heteroatoms. The summed E-state index contributed by atoms with van der Waals surface area (Å²) in [6.45, 7) is 0.458. The van der Waals surface area contributed by atoms with Gasteiger partial charge in [-0.25, -0.2) is 9.97 Å². The van der Waals surface area contributed by atoms with Crippen molar-refractivity contribution in [3.05, 3.63) is 35.0 Å². The van der Waals surface area contributed by atoms with Crippen LogP contribution in [0.4, 0.5) is 5.82 Å². The van der Waals surface area contributed by atoms with Crippen LogP contribution in [0.5, 0.6) is 0 Å². The summed E-state index contributed by atoms with van der Waals surface area (Å²) in [6.07, 6.45) is 3.49. The van der Waals surface area contributed by atoms with Gasteiger partial charge in [0.15, 0.2) is 0 Å². The SMILES string of the molecule is CNc1ncc(C(=O)NCCc2ncn[nH]2)cc1Cl. The Morgan fingerprint density at radius 3 is 2.95 bits per heavy atom. The van der Waals surface area contributed by atoms with Crippen molar-refractivity contribution in [3.8, 4) is 0 Å². The van der Waals surface area contributed by atoms with Crippen molar-refractivity contribution in [1.29, 1.82) is 0 Å². The van der Waals surface area contributed by atoms with Crippen LogP contribution in [0.15, 0.2) is 18.6 Å². The fourth-order valence-electron chi connectivity index (χ4n) is 1.49. The van der Waals surface area contributed by atoms with Crippen molar-refractivity contribution in [3.63, 3.8) is 0 Å². The zero-order chi connectivity index (χ0) is 13.7. The molecular formula is C11H13ClN6O. The Hall–Kier alpha value is -2.15. The van der Waals surface area contributed by atoms with Crippen LogP contribution in [0, 0.1) is 0 Å². The Balaban J connectivity index is 1.91. The molecule has 7 nitrogen and oxygen atoms in total. The van der Waals surface area contributed by atoms with Crippen LogP contribution >= 0.6 is 11.6 Å². The lowest BCUT2D eigenvalue weighted by molar-refractivity contribution is 0.0953. The summed E-state index contributed by atoms with van der Waals surface area (Å²) >= 11 is 5.96. The number of aromatic amines is 1. The minimum atomic E-state index is -0.225. The summed E-state index contributed by atoms with van der Waals surface area (Å²) in [5.74, 6) is 1.04. The number of nitrogens with zero attached hydrogens (tertiary/aromatic N) is 3. The molecule has 2 rings (SSSR count). The van der Waals surface area contributed by atoms with E-state index >= 15 is 0 Å². The monoisotopic (exact) mass is 280 g/mol. The summed E-state index contributed by atoms with van der Waals surface area (Å²) in [5.41, 5.74) is 0.418. The van der Waals surface area contributed by atoms with Crippen molar-refractivity contribution in [2.24, 2.45) is 0 Å². The lowest BCUT2D eigenvalue weighted by Gasteiger charge is -2.06. The number of carbonyl (C=O) groups is 1. The van der Waals surface area contributed by atoms with E-state index in [1.165, 1.54) is 12.5 Å². The molecule has 0 spiro atoms. The molecule has 0 atom stereocenters. The molecule has 0 unspecified atom stereocenters. The summed E-state index contributed by atoms with van der Waals surface area (Å²) in [5, 5.41) is 12.4. The summed E-state index contributed by atoms with van der Waals surface area (Å²) in [7, 11) is 1.71. The van der Waals surface area contributed by atoms with Gasteiger partial charge in [0.2, 0.25) is 0 Å². The fourth-order valence-corrected chi connectivity index (χ4v) is 1.75. The standard InChI is InChI=1S/C11H13ClN6O/c1-13-10-8(12)4-7(5-15-10)11(19)14-3-2-9-16-6-17-18-9/h4-6H,2-3H2,1H3,(H,13,15)(H,14,19)(H,16,17,18). The van der Waals surface area contributed by atoms with E-state index in [4.69, 9.17) is 11.6 Å². The minimum Gasteiger partial charge on any atom is -0.372 e. The summed E-state index contributed by atoms with van der Waals surface area (Å²) in [4.78, 5) is 19.9. The number of rotatable bonds is 5. The lowest BCUT2D eigenvalue weighted by atomic mass is 10.2. The number of anilines is 1. The molecule has 2 aromatic rings. The molecule has 0 saturated heterocycles. The lowest BCUT2D eigenvalue weighted by Crippen LogP contribution is -2.26. The third kappa shape index (κ3) is 3.41. The number of hydrogen-bond acceptors (Lipinski definition) is 5. The van der Waals surface area contributed by atoms with Crippen LogP contribution in [-0.4, -0.2) is 39.7 Å². The van der Waals surface area contributed by atoms with Gasteiger partial charge in [0, 0.05) is 26.2 Å². The molecule has 2 heterocycles. The quantitative estimate of drug-likeness (QED) is 0.755. The second kappa shape index (κ2) is 6.14. The average molecular weight is 281 g/mol. The van der Waals surface area contributed by atoms with E-state index in [0.717, 1.165) is 5.82 Å². The van der Waals surface area contributed by atoms with Crippen LogP contribution in [0.25, 0.3) is 0 Å². The van der Waals surface area contributed by atoms with Crippen LogP contribution < -0.4 is 10.6 Å². The maximum absolute atomic E-state index is 11.8. The Kier molecular flexibility index (Phi) is 4.30. The number of hydrogen-bond donors (Lipinski definition) is 3. The molecular weight excluding hydrogens is 268 g/mol. The molecule has 19 heavy (non-hydrogen) atoms. The van der Waals surface area contributed by atoms with Crippen LogP contribution in [-0.2, 0) is 6.42 Å². The molecule has 0 fully saturated rings. The topological polar surface area (TPSA) is 95.6 Å². The second-order valence-electron chi connectivity index (χ2n) is 3.74. The molecule has 0 aliphatic carbocycles. The Labute approximate surface area is 114 Å². The van der Waals surface area contributed by atoms with Gasteiger partial charge in [0.1, 0.15) is 18.0 Å². The van der Waals surface area contributed by atoms with Gasteiger partial charge < -0.3 is 10.6 Å². The van der Waals surface area contributed by atoms with Gasteiger partial charge in [0.25, 0.3) is 5.91 Å². The largest absolute Gasteiger partial charge is 0.372 e. The number of H-pyrrole nitrogens is 1. The number of pyridine rings is 1. The molecule has 0 bridgehead atoms. The number of halogens is 1. The molecule has 2 aromatic heterocycles. The first-order chi connectivity index (χ1) is 9.20. The van der Waals surface area contributed by atoms with E-state index in [0.29, 0.717) is 29.4 Å². The Bertz CT molecular complexity index is 556.